The van der Waals surface area contributed by atoms with E-state index in [0.29, 0.717) is 36.8 Å². The van der Waals surface area contributed by atoms with Crippen molar-refractivity contribution in [2.75, 3.05) is 38.2 Å². The molecule has 0 N–H and O–H groups in total. The summed E-state index contributed by atoms with van der Waals surface area (Å²) in [4.78, 5) is 27.6. The predicted octanol–water partition coefficient (Wildman–Crippen LogP) is 3.18. The Labute approximate surface area is 147 Å². The molecule has 1 aliphatic heterocycles. The Bertz CT molecular complexity index is 620. The zero-order chi connectivity index (χ0) is 17.9. The summed E-state index contributed by atoms with van der Waals surface area (Å²) in [7, 11) is 1.32. The van der Waals surface area contributed by atoms with Gasteiger partial charge in [0.15, 0.2) is 0 Å². The smallest absolute Gasteiger partial charge is 0.410 e. The van der Waals surface area contributed by atoms with Crippen molar-refractivity contribution in [2.45, 2.75) is 26.4 Å². The summed E-state index contributed by atoms with van der Waals surface area (Å²) < 4.78 is 10.1. The number of nitrogens with zero attached hydrogens (tertiary/aromatic N) is 2. The molecular weight excluding hydrogens is 332 g/mol. The van der Waals surface area contributed by atoms with Gasteiger partial charge in [-0.25, -0.2) is 9.59 Å². The number of halogens is 1. The fraction of sp³-hybridized carbons (Fsp3) is 0.529. The maximum Gasteiger partial charge on any atom is 0.410 e. The Morgan fingerprint density at radius 2 is 1.75 bits per heavy atom. The molecule has 0 bridgehead atoms. The normalized spacial score (nSPS) is 15.2. The highest BCUT2D eigenvalue weighted by Gasteiger charge is 2.27. The van der Waals surface area contributed by atoms with Crippen LogP contribution in [0.25, 0.3) is 0 Å². The van der Waals surface area contributed by atoms with Crippen molar-refractivity contribution in [3.63, 3.8) is 0 Å². The summed E-state index contributed by atoms with van der Waals surface area (Å²) in [6, 6.07) is 5.26. The minimum Gasteiger partial charge on any atom is -0.465 e. The van der Waals surface area contributed by atoms with Gasteiger partial charge in [0, 0.05) is 26.2 Å². The summed E-state index contributed by atoms with van der Waals surface area (Å²) >= 11 is 6.35. The Kier molecular flexibility index (Phi) is 5.59. The first-order valence-corrected chi connectivity index (χ1v) is 8.20. The summed E-state index contributed by atoms with van der Waals surface area (Å²) in [6.45, 7) is 7.84. The van der Waals surface area contributed by atoms with E-state index in [2.05, 4.69) is 4.90 Å². The second-order valence-corrected chi connectivity index (χ2v) is 6.96. The minimum absolute atomic E-state index is 0.309. The molecule has 0 atom stereocenters. The van der Waals surface area contributed by atoms with Gasteiger partial charge in [-0.3, -0.25) is 0 Å². The average molecular weight is 355 g/mol. The molecule has 6 nitrogen and oxygen atoms in total. The number of amides is 1. The molecule has 1 aliphatic rings. The molecule has 0 aliphatic carbocycles. The van der Waals surface area contributed by atoms with Gasteiger partial charge in [-0.2, -0.15) is 0 Å². The number of hydrogen-bond acceptors (Lipinski definition) is 5. The third-order valence-corrected chi connectivity index (χ3v) is 4.05. The molecule has 1 saturated heterocycles. The molecule has 2 rings (SSSR count). The topological polar surface area (TPSA) is 59.1 Å². The van der Waals surface area contributed by atoms with Crippen LogP contribution < -0.4 is 4.90 Å². The molecule has 1 aromatic carbocycles. The number of ether oxygens (including phenoxy) is 2. The molecule has 7 heteroatoms. The molecule has 0 unspecified atom stereocenters. The van der Waals surface area contributed by atoms with Gasteiger partial charge in [-0.05, 0) is 32.9 Å². The number of carbonyl (C=O) groups is 2. The zero-order valence-electron chi connectivity index (χ0n) is 14.5. The van der Waals surface area contributed by atoms with Crippen molar-refractivity contribution in [1.29, 1.82) is 0 Å². The largest absolute Gasteiger partial charge is 0.465 e. The first-order chi connectivity index (χ1) is 11.2. The standard InChI is InChI=1S/C17H23ClN2O4/c1-17(2,3)24-16(22)20-10-8-19(9-11-20)13-7-5-6-12(14(13)18)15(21)23-4/h5-7H,8-11H2,1-4H3. The van der Waals surface area contributed by atoms with Gasteiger partial charge in [0.25, 0.3) is 0 Å². The number of rotatable bonds is 2. The Hall–Kier alpha value is -1.95. The predicted molar refractivity (Wildman–Crippen MR) is 92.8 cm³/mol. The highest BCUT2D eigenvalue weighted by molar-refractivity contribution is 6.36. The van der Waals surface area contributed by atoms with Crippen LogP contribution in [0.2, 0.25) is 5.02 Å². The highest BCUT2D eigenvalue weighted by atomic mass is 35.5. The van der Waals surface area contributed by atoms with E-state index >= 15 is 0 Å². The van der Waals surface area contributed by atoms with Crippen molar-refractivity contribution in [3.8, 4) is 0 Å². The van der Waals surface area contributed by atoms with Crippen molar-refractivity contribution in [3.05, 3.63) is 28.8 Å². The van der Waals surface area contributed by atoms with Crippen LogP contribution in [0.4, 0.5) is 10.5 Å². The average Bonchev–Trinajstić information content (AvgIpc) is 2.53. The molecule has 1 fully saturated rings. The maximum atomic E-state index is 12.1. The lowest BCUT2D eigenvalue weighted by Crippen LogP contribution is -2.50. The molecule has 1 aromatic rings. The van der Waals surface area contributed by atoms with Crippen molar-refractivity contribution >= 4 is 29.4 Å². The lowest BCUT2D eigenvalue weighted by molar-refractivity contribution is 0.0240. The summed E-state index contributed by atoms with van der Waals surface area (Å²) in [5.74, 6) is -0.464. The first-order valence-electron chi connectivity index (χ1n) is 7.82. The van der Waals surface area contributed by atoms with Gasteiger partial charge in [0.1, 0.15) is 5.60 Å². The number of benzene rings is 1. The third-order valence-electron chi connectivity index (χ3n) is 3.66. The Morgan fingerprint density at radius 1 is 1.12 bits per heavy atom. The number of anilines is 1. The minimum atomic E-state index is -0.508. The van der Waals surface area contributed by atoms with Gasteiger partial charge in [0.05, 0.1) is 23.4 Å². The van der Waals surface area contributed by atoms with Gasteiger partial charge < -0.3 is 19.3 Å². The molecule has 0 spiro atoms. The van der Waals surface area contributed by atoms with Gasteiger partial charge in [-0.15, -0.1) is 0 Å². The lowest BCUT2D eigenvalue weighted by Gasteiger charge is -2.37. The fourth-order valence-electron chi connectivity index (χ4n) is 2.49. The van der Waals surface area contributed by atoms with E-state index in [4.69, 9.17) is 21.1 Å². The second kappa shape index (κ2) is 7.30. The van der Waals surface area contributed by atoms with Gasteiger partial charge >= 0.3 is 12.1 Å². The second-order valence-electron chi connectivity index (χ2n) is 6.58. The van der Waals surface area contributed by atoms with E-state index in [0.717, 1.165) is 5.69 Å². The molecule has 1 heterocycles. The number of methoxy groups -OCH3 is 1. The molecule has 0 radical (unpaired) electrons. The first kappa shape index (κ1) is 18.4. The third kappa shape index (κ3) is 4.32. The van der Waals surface area contributed by atoms with Gasteiger partial charge in [-0.1, -0.05) is 17.7 Å². The lowest BCUT2D eigenvalue weighted by atomic mass is 10.1. The van der Waals surface area contributed by atoms with E-state index in [1.807, 2.05) is 26.8 Å². The fourth-order valence-corrected chi connectivity index (χ4v) is 2.81. The zero-order valence-corrected chi connectivity index (χ0v) is 15.2. The van der Waals surface area contributed by atoms with Crippen LogP contribution in [0.5, 0.6) is 0 Å². The molecule has 0 saturated carbocycles. The van der Waals surface area contributed by atoms with Gasteiger partial charge in [0.2, 0.25) is 0 Å². The number of hydrogen-bond donors (Lipinski definition) is 0. The van der Waals surface area contributed by atoms with E-state index in [1.54, 1.807) is 17.0 Å². The quantitative estimate of drug-likeness (QED) is 0.763. The van der Waals surface area contributed by atoms with Crippen LogP contribution in [-0.4, -0.2) is 55.9 Å². The number of piperazine rings is 1. The van der Waals surface area contributed by atoms with Crippen molar-refractivity contribution in [2.24, 2.45) is 0 Å². The monoisotopic (exact) mass is 354 g/mol. The molecule has 1 amide bonds. The maximum absolute atomic E-state index is 12.1. The van der Waals surface area contributed by atoms with E-state index in [1.165, 1.54) is 7.11 Å². The van der Waals surface area contributed by atoms with Crippen LogP contribution in [0.3, 0.4) is 0 Å². The van der Waals surface area contributed by atoms with Crippen molar-refractivity contribution < 1.29 is 19.1 Å². The molecule has 0 aromatic heterocycles. The summed E-state index contributed by atoms with van der Waals surface area (Å²) in [6.07, 6.45) is -0.309. The van der Waals surface area contributed by atoms with E-state index < -0.39 is 11.6 Å². The summed E-state index contributed by atoms with van der Waals surface area (Å²) in [5, 5.41) is 0.370. The SMILES string of the molecule is COC(=O)c1cccc(N2CCN(C(=O)OC(C)(C)C)CC2)c1Cl. The van der Waals surface area contributed by atoms with E-state index in [-0.39, 0.29) is 6.09 Å². The molecule has 132 valence electrons. The summed E-state index contributed by atoms with van der Waals surface area (Å²) in [5.41, 5.74) is 0.599. The number of esters is 1. The van der Waals surface area contributed by atoms with Crippen LogP contribution in [0.15, 0.2) is 18.2 Å². The van der Waals surface area contributed by atoms with E-state index in [9.17, 15) is 9.59 Å². The van der Waals surface area contributed by atoms with Crippen LogP contribution >= 0.6 is 11.6 Å². The number of carbonyl (C=O) groups excluding carboxylic acids is 2. The molecule has 24 heavy (non-hydrogen) atoms. The highest BCUT2D eigenvalue weighted by Crippen LogP contribution is 2.30. The van der Waals surface area contributed by atoms with Crippen LogP contribution in [0.1, 0.15) is 31.1 Å². The van der Waals surface area contributed by atoms with Crippen LogP contribution in [0, 0.1) is 0 Å². The van der Waals surface area contributed by atoms with Crippen LogP contribution in [-0.2, 0) is 9.47 Å². The molecular formula is C17H23ClN2O4. The van der Waals surface area contributed by atoms with Crippen molar-refractivity contribution in [1.82, 2.24) is 4.90 Å². The Morgan fingerprint density at radius 3 is 2.29 bits per heavy atom. The Balaban J connectivity index is 2.05.